The van der Waals surface area contributed by atoms with E-state index in [0.29, 0.717) is 5.71 Å². The molecule has 0 bridgehead atoms. The maximum Gasteiger partial charge on any atom is 0.260 e. The van der Waals surface area contributed by atoms with Crippen molar-refractivity contribution in [2.75, 3.05) is 11.4 Å². The fourth-order valence-electron chi connectivity index (χ4n) is 3.29. The molecule has 0 saturated carbocycles. The smallest absolute Gasteiger partial charge is 0.260 e. The molecule has 4 rings (SSSR count). The highest BCUT2D eigenvalue weighted by atomic mass is 32.1. The maximum atomic E-state index is 12.7. The van der Waals surface area contributed by atoms with Gasteiger partial charge in [0.1, 0.15) is 5.92 Å². The van der Waals surface area contributed by atoms with Crippen molar-refractivity contribution >= 4 is 46.5 Å². The molecule has 8 heteroatoms. The molecule has 2 atom stereocenters. The topological polar surface area (TPSA) is 82.1 Å². The van der Waals surface area contributed by atoms with Crippen molar-refractivity contribution < 1.29 is 14.4 Å². The standard InChI is InChI=1S/C19H16N4O3S/c24-16-10-12(11-22(16)13-6-2-1-3-7-13)17(25)21-23-18(26)14-8-4-5-9-15(14)20-19(23)27/h1-9,12,14H,10-11H2,(H,21,25). The van der Waals surface area contributed by atoms with Gasteiger partial charge in [-0.3, -0.25) is 19.8 Å². The van der Waals surface area contributed by atoms with Crippen LogP contribution in [0.3, 0.4) is 0 Å². The third kappa shape index (κ3) is 3.19. The largest absolute Gasteiger partial charge is 0.312 e. The first-order chi connectivity index (χ1) is 13.0. The third-order valence-corrected chi connectivity index (χ3v) is 4.96. The van der Waals surface area contributed by atoms with Crippen LogP contribution in [-0.4, -0.2) is 40.1 Å². The van der Waals surface area contributed by atoms with Gasteiger partial charge in [-0.25, -0.2) is 4.99 Å². The summed E-state index contributed by atoms with van der Waals surface area (Å²) in [4.78, 5) is 43.4. The highest BCUT2D eigenvalue weighted by Crippen LogP contribution is 2.25. The fraction of sp³-hybridized carbons (Fsp3) is 0.211. The number of nitrogens with one attached hydrogen (secondary N) is 1. The van der Waals surface area contributed by atoms with E-state index >= 15 is 0 Å². The Morgan fingerprint density at radius 2 is 1.96 bits per heavy atom. The van der Waals surface area contributed by atoms with Gasteiger partial charge in [-0.1, -0.05) is 36.4 Å². The Morgan fingerprint density at radius 3 is 2.74 bits per heavy atom. The SMILES string of the molecule is O=C(NN1C(=O)C2C=CC=CC2=NC1=S)C1CC(=O)N(c2ccccc2)C1. The molecule has 2 aliphatic heterocycles. The lowest BCUT2D eigenvalue weighted by molar-refractivity contribution is -0.139. The molecule has 3 amide bonds. The minimum absolute atomic E-state index is 0.0104. The summed E-state index contributed by atoms with van der Waals surface area (Å²) in [5, 5.41) is 0.995. The van der Waals surface area contributed by atoms with Gasteiger partial charge in [0.25, 0.3) is 5.91 Å². The second-order valence-corrected chi connectivity index (χ2v) is 6.80. The van der Waals surface area contributed by atoms with Gasteiger partial charge in [0, 0.05) is 18.7 Å². The summed E-state index contributed by atoms with van der Waals surface area (Å²) in [7, 11) is 0. The molecule has 0 spiro atoms. The van der Waals surface area contributed by atoms with Gasteiger partial charge in [-0.05, 0) is 30.4 Å². The number of fused-ring (bicyclic) bond motifs is 1. The van der Waals surface area contributed by atoms with Crippen molar-refractivity contribution in [2.45, 2.75) is 6.42 Å². The zero-order valence-corrected chi connectivity index (χ0v) is 15.1. The molecule has 1 aliphatic carbocycles. The van der Waals surface area contributed by atoms with Crippen molar-refractivity contribution in [1.29, 1.82) is 0 Å². The Kier molecular flexibility index (Phi) is 4.41. The fourth-order valence-corrected chi connectivity index (χ4v) is 3.53. The molecule has 2 heterocycles. The molecule has 3 aliphatic rings. The number of thiocarbonyl (C=S) groups is 1. The molecule has 1 saturated heterocycles. The molecule has 1 aromatic rings. The average Bonchev–Trinajstić information content (AvgIpc) is 3.07. The van der Waals surface area contributed by atoms with Crippen LogP contribution < -0.4 is 10.3 Å². The Balaban J connectivity index is 1.47. The first-order valence-electron chi connectivity index (χ1n) is 8.52. The molecule has 1 fully saturated rings. The van der Waals surface area contributed by atoms with Crippen molar-refractivity contribution in [1.82, 2.24) is 10.4 Å². The van der Waals surface area contributed by atoms with Crippen LogP contribution in [0.15, 0.2) is 59.6 Å². The van der Waals surface area contributed by atoms with Crippen LogP contribution in [-0.2, 0) is 14.4 Å². The number of hydrogen-bond donors (Lipinski definition) is 1. The quantitative estimate of drug-likeness (QED) is 0.804. The summed E-state index contributed by atoms with van der Waals surface area (Å²) >= 11 is 5.16. The number of allylic oxidation sites excluding steroid dienone is 3. The molecule has 27 heavy (non-hydrogen) atoms. The number of rotatable bonds is 3. The van der Waals surface area contributed by atoms with Crippen LogP contribution in [0, 0.1) is 11.8 Å². The summed E-state index contributed by atoms with van der Waals surface area (Å²) < 4.78 is 0. The van der Waals surface area contributed by atoms with Gasteiger partial charge in [-0.15, -0.1) is 0 Å². The number of hydrazine groups is 1. The van der Waals surface area contributed by atoms with Crippen molar-refractivity contribution in [3.05, 3.63) is 54.6 Å². The summed E-state index contributed by atoms with van der Waals surface area (Å²) in [6.45, 7) is 0.254. The van der Waals surface area contributed by atoms with Gasteiger partial charge >= 0.3 is 0 Å². The predicted molar refractivity (Wildman–Crippen MR) is 104 cm³/mol. The summed E-state index contributed by atoms with van der Waals surface area (Å²) in [6, 6.07) is 9.17. The lowest BCUT2D eigenvalue weighted by atomic mass is 9.96. The van der Waals surface area contributed by atoms with E-state index in [2.05, 4.69) is 10.4 Å². The number of benzene rings is 1. The average molecular weight is 380 g/mol. The lowest BCUT2D eigenvalue weighted by Crippen LogP contribution is -2.56. The molecule has 2 unspecified atom stereocenters. The molecular formula is C19H16N4O3S. The Bertz CT molecular complexity index is 922. The minimum Gasteiger partial charge on any atom is -0.312 e. The number of amides is 3. The monoisotopic (exact) mass is 380 g/mol. The second-order valence-electron chi connectivity index (χ2n) is 6.43. The molecular weight excluding hydrogens is 364 g/mol. The number of aliphatic imine (C=N–C) groups is 1. The van der Waals surface area contributed by atoms with E-state index in [-0.39, 0.29) is 29.9 Å². The summed E-state index contributed by atoms with van der Waals surface area (Å²) in [5.41, 5.74) is 3.85. The van der Waals surface area contributed by atoms with Crippen LogP contribution in [0.4, 0.5) is 5.69 Å². The molecule has 0 aromatic heterocycles. The van der Waals surface area contributed by atoms with E-state index in [9.17, 15) is 14.4 Å². The van der Waals surface area contributed by atoms with Crippen molar-refractivity contribution in [3.63, 3.8) is 0 Å². The Labute approximate surface area is 161 Å². The van der Waals surface area contributed by atoms with E-state index in [1.54, 1.807) is 29.2 Å². The minimum atomic E-state index is -0.569. The number of hydrogen-bond acceptors (Lipinski definition) is 4. The summed E-state index contributed by atoms with van der Waals surface area (Å²) in [6.07, 6.45) is 7.04. The first-order valence-corrected chi connectivity index (χ1v) is 8.92. The maximum absolute atomic E-state index is 12.7. The first kappa shape index (κ1) is 17.3. The lowest BCUT2D eigenvalue weighted by Gasteiger charge is -2.30. The highest BCUT2D eigenvalue weighted by molar-refractivity contribution is 7.80. The van der Waals surface area contributed by atoms with Gasteiger partial charge < -0.3 is 4.90 Å². The van der Waals surface area contributed by atoms with Crippen LogP contribution in [0.2, 0.25) is 0 Å². The number of anilines is 1. The molecule has 0 radical (unpaired) electrons. The third-order valence-electron chi connectivity index (χ3n) is 4.69. The van der Waals surface area contributed by atoms with Crippen LogP contribution in [0.25, 0.3) is 0 Å². The molecule has 7 nitrogen and oxygen atoms in total. The van der Waals surface area contributed by atoms with E-state index in [1.807, 2.05) is 30.3 Å². The predicted octanol–water partition coefficient (Wildman–Crippen LogP) is 1.38. The number of nitrogens with zero attached hydrogens (tertiary/aromatic N) is 3. The Morgan fingerprint density at radius 1 is 1.19 bits per heavy atom. The van der Waals surface area contributed by atoms with Crippen molar-refractivity contribution in [2.24, 2.45) is 16.8 Å². The van der Waals surface area contributed by atoms with Gasteiger partial charge in [0.15, 0.2) is 0 Å². The van der Waals surface area contributed by atoms with Crippen LogP contribution >= 0.6 is 12.2 Å². The Hall–Kier alpha value is -3.13. The van der Waals surface area contributed by atoms with Crippen molar-refractivity contribution in [3.8, 4) is 0 Å². The van der Waals surface area contributed by atoms with Gasteiger partial charge in [0.05, 0.1) is 11.6 Å². The van der Waals surface area contributed by atoms with Crippen LogP contribution in [0.5, 0.6) is 0 Å². The van der Waals surface area contributed by atoms with E-state index in [0.717, 1.165) is 10.7 Å². The van der Waals surface area contributed by atoms with E-state index < -0.39 is 17.7 Å². The number of para-hydroxylation sites is 1. The van der Waals surface area contributed by atoms with E-state index in [1.165, 1.54) is 0 Å². The zero-order chi connectivity index (χ0) is 19.0. The van der Waals surface area contributed by atoms with Gasteiger partial charge in [0.2, 0.25) is 16.9 Å². The number of carbonyl (C=O) groups is 3. The summed E-state index contributed by atoms with van der Waals surface area (Å²) in [5.74, 6) is -2.04. The number of carbonyl (C=O) groups excluding carboxylic acids is 3. The molecule has 1 aromatic carbocycles. The molecule has 1 N–H and O–H groups in total. The van der Waals surface area contributed by atoms with E-state index in [4.69, 9.17) is 12.2 Å². The molecule has 136 valence electrons. The second kappa shape index (κ2) is 6.88. The van der Waals surface area contributed by atoms with Crippen LogP contribution in [0.1, 0.15) is 6.42 Å². The normalized spacial score (nSPS) is 24.1. The zero-order valence-electron chi connectivity index (χ0n) is 14.2. The van der Waals surface area contributed by atoms with Gasteiger partial charge in [-0.2, -0.15) is 5.01 Å². The highest BCUT2D eigenvalue weighted by Gasteiger charge is 2.39.